The van der Waals surface area contributed by atoms with E-state index in [2.05, 4.69) is 19.2 Å². The number of morpholine rings is 1. The highest BCUT2D eigenvalue weighted by atomic mass is 16.6. The van der Waals surface area contributed by atoms with Crippen LogP contribution in [-0.4, -0.2) is 55.0 Å². The van der Waals surface area contributed by atoms with Gasteiger partial charge in [-0.05, 0) is 30.2 Å². The Morgan fingerprint density at radius 2 is 1.81 bits per heavy atom. The molecular weight excluding hydrogens is 410 g/mol. The number of nitriles is 1. The maximum atomic E-state index is 13.2. The molecule has 0 radical (unpaired) electrons. The lowest BCUT2D eigenvalue weighted by Gasteiger charge is -2.35. The minimum Gasteiger partial charge on any atom is -0.436 e. The maximum Gasteiger partial charge on any atom is 0.410 e. The molecule has 0 bridgehead atoms. The lowest BCUT2D eigenvalue weighted by Crippen LogP contribution is -2.53. The largest absolute Gasteiger partial charge is 0.436 e. The van der Waals surface area contributed by atoms with Crippen LogP contribution >= 0.6 is 0 Å². The number of rotatable bonds is 9. The fraction of sp³-hybridized carbons (Fsp3) is 0.625. The fourth-order valence-electron chi connectivity index (χ4n) is 3.06. The molecule has 32 heavy (non-hydrogen) atoms. The lowest BCUT2D eigenvalue weighted by atomic mass is 9.76. The molecule has 1 aromatic carbocycles. The van der Waals surface area contributed by atoms with Crippen LogP contribution in [-0.2, 0) is 25.6 Å². The minimum atomic E-state index is -1.57. The molecule has 1 saturated heterocycles. The van der Waals surface area contributed by atoms with Crippen molar-refractivity contribution < 1.29 is 23.8 Å². The van der Waals surface area contributed by atoms with Gasteiger partial charge in [-0.3, -0.25) is 4.79 Å². The Morgan fingerprint density at radius 1 is 1.19 bits per heavy atom. The summed E-state index contributed by atoms with van der Waals surface area (Å²) in [6, 6.07) is 11.4. The van der Waals surface area contributed by atoms with Crippen LogP contribution in [0.2, 0.25) is 0 Å². The van der Waals surface area contributed by atoms with Crippen LogP contribution in [0.4, 0.5) is 4.79 Å². The van der Waals surface area contributed by atoms with E-state index >= 15 is 0 Å². The third-order valence-corrected chi connectivity index (χ3v) is 6.02. The highest BCUT2D eigenvalue weighted by molar-refractivity contribution is 5.84. The van der Waals surface area contributed by atoms with Gasteiger partial charge < -0.3 is 24.4 Å². The van der Waals surface area contributed by atoms with E-state index < -0.39 is 23.8 Å². The molecule has 1 aromatic rings. The molecule has 1 aliphatic heterocycles. The molecule has 8 heteroatoms. The molecule has 2 unspecified atom stereocenters. The average Bonchev–Trinajstić information content (AvgIpc) is 2.78. The van der Waals surface area contributed by atoms with Crippen molar-refractivity contribution in [2.75, 3.05) is 26.3 Å². The van der Waals surface area contributed by atoms with E-state index in [9.17, 15) is 14.9 Å². The van der Waals surface area contributed by atoms with Crippen molar-refractivity contribution in [1.29, 1.82) is 5.26 Å². The Balaban J connectivity index is 2.11. The number of nitrogens with one attached hydrogen (secondary N) is 1. The van der Waals surface area contributed by atoms with Crippen LogP contribution in [0.3, 0.4) is 0 Å². The van der Waals surface area contributed by atoms with Crippen molar-refractivity contribution in [1.82, 2.24) is 10.2 Å². The maximum absolute atomic E-state index is 13.2. The Bertz CT molecular complexity index is 800. The number of ether oxygens (including phenoxy) is 3. The van der Waals surface area contributed by atoms with E-state index in [1.807, 2.05) is 50.2 Å². The first kappa shape index (κ1) is 25.6. The molecule has 1 fully saturated rings. The van der Waals surface area contributed by atoms with Gasteiger partial charge in [-0.2, -0.15) is 5.26 Å². The average molecular weight is 446 g/mol. The summed E-state index contributed by atoms with van der Waals surface area (Å²) < 4.78 is 16.6. The van der Waals surface area contributed by atoms with E-state index in [0.717, 1.165) is 5.56 Å². The van der Waals surface area contributed by atoms with Crippen molar-refractivity contribution >= 4 is 12.0 Å². The predicted octanol–water partition coefficient (Wildman–Crippen LogP) is 3.47. The standard InChI is InChI=1S/C24H35N3O5/c1-18(2)23(3,4)15-20(32-22(29)27-11-13-30-14-12-27)21(28)26-24(5,17-25)31-16-19-9-7-6-8-10-19/h6-10,18,20H,11-16H2,1-5H3,(H,26,28). The van der Waals surface area contributed by atoms with E-state index in [0.29, 0.717) is 32.7 Å². The number of carbonyl (C=O) groups excluding carboxylic acids is 2. The fourth-order valence-corrected chi connectivity index (χ4v) is 3.06. The van der Waals surface area contributed by atoms with Gasteiger partial charge in [0.25, 0.3) is 5.91 Å². The summed E-state index contributed by atoms with van der Waals surface area (Å²) in [7, 11) is 0. The Labute approximate surface area is 190 Å². The molecule has 176 valence electrons. The Morgan fingerprint density at radius 3 is 2.38 bits per heavy atom. The molecule has 1 N–H and O–H groups in total. The first-order valence-electron chi connectivity index (χ1n) is 11.0. The van der Waals surface area contributed by atoms with Gasteiger partial charge in [0.2, 0.25) is 5.72 Å². The van der Waals surface area contributed by atoms with Crippen molar-refractivity contribution in [2.45, 2.75) is 59.5 Å². The van der Waals surface area contributed by atoms with Gasteiger partial charge in [-0.15, -0.1) is 0 Å². The van der Waals surface area contributed by atoms with Gasteiger partial charge >= 0.3 is 6.09 Å². The third-order valence-electron chi connectivity index (χ3n) is 6.02. The number of carbonyl (C=O) groups is 2. The molecule has 1 aliphatic rings. The van der Waals surface area contributed by atoms with Crippen LogP contribution in [0.15, 0.2) is 30.3 Å². The van der Waals surface area contributed by atoms with Gasteiger partial charge in [0, 0.05) is 13.1 Å². The summed E-state index contributed by atoms with van der Waals surface area (Å²) >= 11 is 0. The second-order valence-corrected chi connectivity index (χ2v) is 9.23. The van der Waals surface area contributed by atoms with Gasteiger partial charge in [-0.1, -0.05) is 58.0 Å². The first-order chi connectivity index (χ1) is 15.1. The van der Waals surface area contributed by atoms with Crippen LogP contribution in [0.25, 0.3) is 0 Å². The van der Waals surface area contributed by atoms with E-state index in [-0.39, 0.29) is 17.9 Å². The number of nitrogens with zero attached hydrogens (tertiary/aromatic N) is 2. The topological polar surface area (TPSA) is 101 Å². The van der Waals surface area contributed by atoms with Crippen LogP contribution < -0.4 is 5.32 Å². The van der Waals surface area contributed by atoms with E-state index in [1.54, 1.807) is 0 Å². The molecule has 0 spiro atoms. The van der Waals surface area contributed by atoms with Crippen molar-refractivity contribution in [3.05, 3.63) is 35.9 Å². The second-order valence-electron chi connectivity index (χ2n) is 9.23. The quantitative estimate of drug-likeness (QED) is 0.584. The van der Waals surface area contributed by atoms with Crippen LogP contribution in [0, 0.1) is 22.7 Å². The van der Waals surface area contributed by atoms with Crippen molar-refractivity contribution in [3.63, 3.8) is 0 Å². The first-order valence-corrected chi connectivity index (χ1v) is 11.0. The molecule has 8 nitrogen and oxygen atoms in total. The summed E-state index contributed by atoms with van der Waals surface area (Å²) in [5.74, 6) is -0.311. The highest BCUT2D eigenvalue weighted by Crippen LogP contribution is 2.33. The predicted molar refractivity (Wildman–Crippen MR) is 119 cm³/mol. The summed E-state index contributed by atoms with van der Waals surface area (Å²) in [5, 5.41) is 12.3. The molecule has 0 aromatic heterocycles. The van der Waals surface area contributed by atoms with Gasteiger partial charge in [0.05, 0.1) is 19.8 Å². The smallest absolute Gasteiger partial charge is 0.410 e. The number of benzene rings is 1. The molecule has 0 aliphatic carbocycles. The second kappa shape index (κ2) is 11.3. The molecule has 2 atom stereocenters. The van der Waals surface area contributed by atoms with E-state index in [4.69, 9.17) is 14.2 Å². The van der Waals surface area contributed by atoms with E-state index in [1.165, 1.54) is 11.8 Å². The number of hydrogen-bond donors (Lipinski definition) is 1. The summed E-state index contributed by atoms with van der Waals surface area (Å²) in [6.07, 6.45) is -1.31. The highest BCUT2D eigenvalue weighted by Gasteiger charge is 2.37. The molecule has 0 saturated carbocycles. The zero-order chi connectivity index (χ0) is 23.8. The molecular formula is C24H35N3O5. The molecule has 2 rings (SSSR count). The third kappa shape index (κ3) is 7.50. The van der Waals surface area contributed by atoms with Crippen molar-refractivity contribution in [3.8, 4) is 6.07 Å². The summed E-state index contributed by atoms with van der Waals surface area (Å²) in [6.45, 7) is 11.5. The molecule has 2 amide bonds. The van der Waals surface area contributed by atoms with Gasteiger partial charge in [0.15, 0.2) is 6.10 Å². The Hall–Kier alpha value is -2.63. The number of amides is 2. The Kier molecular flexibility index (Phi) is 9.05. The normalized spacial score (nSPS) is 17.2. The minimum absolute atomic E-state index is 0.154. The van der Waals surface area contributed by atoms with Gasteiger partial charge in [-0.25, -0.2) is 4.79 Å². The van der Waals surface area contributed by atoms with Crippen LogP contribution in [0.1, 0.15) is 46.6 Å². The number of hydrogen-bond acceptors (Lipinski definition) is 6. The monoisotopic (exact) mass is 445 g/mol. The lowest BCUT2D eigenvalue weighted by molar-refractivity contribution is -0.140. The molecule has 1 heterocycles. The summed E-state index contributed by atoms with van der Waals surface area (Å²) in [4.78, 5) is 27.4. The zero-order valence-electron chi connectivity index (χ0n) is 19.7. The summed E-state index contributed by atoms with van der Waals surface area (Å²) in [5.41, 5.74) is -0.973. The zero-order valence-corrected chi connectivity index (χ0v) is 19.7. The van der Waals surface area contributed by atoms with Gasteiger partial charge in [0.1, 0.15) is 6.07 Å². The van der Waals surface area contributed by atoms with Crippen LogP contribution in [0.5, 0.6) is 0 Å². The SMILES string of the molecule is CC(C)C(C)(C)CC(OC(=O)N1CCOCC1)C(=O)NC(C)(C#N)OCc1ccccc1. The van der Waals surface area contributed by atoms with Crippen molar-refractivity contribution in [2.24, 2.45) is 11.3 Å².